The van der Waals surface area contributed by atoms with Gasteiger partial charge in [-0.15, -0.1) is 11.3 Å². The third kappa shape index (κ3) is 3.83. The van der Waals surface area contributed by atoms with Crippen molar-refractivity contribution in [3.8, 4) is 0 Å². The van der Waals surface area contributed by atoms with Gasteiger partial charge in [-0.2, -0.15) is 5.10 Å². The van der Waals surface area contributed by atoms with Crippen molar-refractivity contribution in [2.75, 3.05) is 19.6 Å². The van der Waals surface area contributed by atoms with E-state index in [2.05, 4.69) is 20.5 Å². The SMILES string of the molecule is Cc1ncsc1CN(C[C@H]1CCNC1)C(=O)c1ccc(=O)[nH]n1. The summed E-state index contributed by atoms with van der Waals surface area (Å²) in [4.78, 5) is 31.1. The first-order chi connectivity index (χ1) is 11.1. The van der Waals surface area contributed by atoms with Crippen LogP contribution in [-0.4, -0.2) is 45.6 Å². The Hall–Kier alpha value is -2.06. The van der Waals surface area contributed by atoms with Crippen molar-refractivity contribution in [2.24, 2.45) is 5.92 Å². The number of carbonyl (C=O) groups excluding carboxylic acids is 1. The van der Waals surface area contributed by atoms with Crippen LogP contribution in [0.4, 0.5) is 0 Å². The maximum Gasteiger partial charge on any atom is 0.274 e. The van der Waals surface area contributed by atoms with E-state index in [1.54, 1.807) is 21.7 Å². The van der Waals surface area contributed by atoms with Crippen LogP contribution < -0.4 is 10.9 Å². The number of rotatable bonds is 5. The molecule has 2 aromatic heterocycles. The van der Waals surface area contributed by atoms with Crippen molar-refractivity contribution >= 4 is 17.2 Å². The molecular weight excluding hydrogens is 314 g/mol. The summed E-state index contributed by atoms with van der Waals surface area (Å²) >= 11 is 1.55. The minimum Gasteiger partial charge on any atom is -0.332 e. The minimum atomic E-state index is -0.314. The molecular formula is C15H19N5O2S. The number of aromatic amines is 1. The summed E-state index contributed by atoms with van der Waals surface area (Å²) in [5, 5.41) is 9.52. The Balaban J connectivity index is 1.80. The lowest BCUT2D eigenvalue weighted by molar-refractivity contribution is 0.0713. The number of thiazole rings is 1. The van der Waals surface area contributed by atoms with Gasteiger partial charge in [0.1, 0.15) is 5.69 Å². The number of aromatic nitrogens is 3. The molecule has 0 radical (unpaired) electrons. The highest BCUT2D eigenvalue weighted by molar-refractivity contribution is 7.09. The van der Waals surface area contributed by atoms with E-state index in [1.807, 2.05) is 6.92 Å². The second-order valence-electron chi connectivity index (χ2n) is 5.71. The van der Waals surface area contributed by atoms with Crippen molar-refractivity contribution in [1.29, 1.82) is 0 Å². The number of hydrogen-bond donors (Lipinski definition) is 2. The summed E-state index contributed by atoms with van der Waals surface area (Å²) in [5.41, 5.74) is 2.69. The highest BCUT2D eigenvalue weighted by Crippen LogP contribution is 2.19. The zero-order valence-electron chi connectivity index (χ0n) is 12.9. The Morgan fingerprint density at radius 2 is 2.35 bits per heavy atom. The first-order valence-corrected chi connectivity index (χ1v) is 8.46. The molecule has 0 bridgehead atoms. The molecule has 122 valence electrons. The Bertz CT molecular complexity index is 715. The second-order valence-corrected chi connectivity index (χ2v) is 6.65. The van der Waals surface area contributed by atoms with Gasteiger partial charge in [-0.05, 0) is 38.4 Å². The molecule has 0 saturated carbocycles. The molecule has 0 aliphatic carbocycles. The summed E-state index contributed by atoms with van der Waals surface area (Å²) in [6.45, 7) is 5.05. The van der Waals surface area contributed by atoms with Gasteiger partial charge < -0.3 is 10.2 Å². The Labute approximate surface area is 137 Å². The summed E-state index contributed by atoms with van der Waals surface area (Å²) in [6.07, 6.45) is 1.06. The van der Waals surface area contributed by atoms with Crippen LogP contribution in [0.3, 0.4) is 0 Å². The fourth-order valence-corrected chi connectivity index (χ4v) is 3.47. The van der Waals surface area contributed by atoms with Gasteiger partial charge >= 0.3 is 0 Å². The Morgan fingerprint density at radius 1 is 1.48 bits per heavy atom. The number of aryl methyl sites for hydroxylation is 1. The maximum absolute atomic E-state index is 12.8. The van der Waals surface area contributed by atoms with Crippen molar-refractivity contribution in [2.45, 2.75) is 19.9 Å². The number of nitrogens with one attached hydrogen (secondary N) is 2. The van der Waals surface area contributed by atoms with Crippen LogP contribution in [0.15, 0.2) is 22.4 Å². The third-order valence-corrected chi connectivity index (χ3v) is 4.93. The van der Waals surface area contributed by atoms with Crippen LogP contribution in [0.1, 0.15) is 27.5 Å². The average molecular weight is 333 g/mol. The molecule has 0 aromatic carbocycles. The molecule has 1 saturated heterocycles. The van der Waals surface area contributed by atoms with E-state index in [1.165, 1.54) is 12.1 Å². The lowest BCUT2D eigenvalue weighted by atomic mass is 10.1. The van der Waals surface area contributed by atoms with Crippen LogP contribution >= 0.6 is 11.3 Å². The smallest absolute Gasteiger partial charge is 0.274 e. The highest BCUT2D eigenvalue weighted by Gasteiger charge is 2.24. The molecule has 0 unspecified atom stereocenters. The van der Waals surface area contributed by atoms with Crippen molar-refractivity contribution in [3.05, 3.63) is 44.3 Å². The molecule has 1 aliphatic heterocycles. The molecule has 0 spiro atoms. The standard InChI is InChI=1S/C15H19N5O2S/c1-10-13(23-9-17-10)8-20(7-11-4-5-16-6-11)15(22)12-2-3-14(21)19-18-12/h2-3,9,11,16H,4-8H2,1H3,(H,19,21)/t11-/m0/s1. The average Bonchev–Trinajstić information content (AvgIpc) is 3.19. The van der Waals surface area contributed by atoms with Crippen LogP contribution in [0.25, 0.3) is 0 Å². The first-order valence-electron chi connectivity index (χ1n) is 7.58. The van der Waals surface area contributed by atoms with Gasteiger partial charge in [-0.3, -0.25) is 9.59 Å². The predicted molar refractivity (Wildman–Crippen MR) is 87.4 cm³/mol. The summed E-state index contributed by atoms with van der Waals surface area (Å²) in [5.74, 6) is 0.274. The molecule has 2 aromatic rings. The maximum atomic E-state index is 12.8. The number of carbonyl (C=O) groups is 1. The van der Waals surface area contributed by atoms with E-state index in [0.29, 0.717) is 19.0 Å². The molecule has 7 nitrogen and oxygen atoms in total. The molecule has 1 amide bonds. The fraction of sp³-hybridized carbons (Fsp3) is 0.467. The molecule has 3 rings (SSSR count). The van der Waals surface area contributed by atoms with E-state index < -0.39 is 0 Å². The van der Waals surface area contributed by atoms with E-state index in [4.69, 9.17) is 0 Å². The molecule has 1 fully saturated rings. The monoisotopic (exact) mass is 333 g/mol. The van der Waals surface area contributed by atoms with Crippen molar-refractivity contribution in [1.82, 2.24) is 25.4 Å². The number of amides is 1. The van der Waals surface area contributed by atoms with Crippen molar-refractivity contribution < 1.29 is 4.79 Å². The highest BCUT2D eigenvalue weighted by atomic mass is 32.1. The van der Waals surface area contributed by atoms with E-state index in [-0.39, 0.29) is 17.2 Å². The van der Waals surface area contributed by atoms with E-state index >= 15 is 0 Å². The summed E-state index contributed by atoms with van der Waals surface area (Å²) in [7, 11) is 0. The van der Waals surface area contributed by atoms with Gasteiger partial charge in [-0.1, -0.05) is 0 Å². The largest absolute Gasteiger partial charge is 0.332 e. The van der Waals surface area contributed by atoms with Crippen LogP contribution in [0, 0.1) is 12.8 Å². The van der Waals surface area contributed by atoms with Gasteiger partial charge in [0.15, 0.2) is 0 Å². The molecule has 3 heterocycles. The lowest BCUT2D eigenvalue weighted by Crippen LogP contribution is -2.36. The normalized spacial score (nSPS) is 17.3. The predicted octanol–water partition coefficient (Wildman–Crippen LogP) is 0.787. The van der Waals surface area contributed by atoms with Gasteiger partial charge in [0.2, 0.25) is 0 Å². The van der Waals surface area contributed by atoms with Gasteiger partial charge in [0, 0.05) is 17.5 Å². The fourth-order valence-electron chi connectivity index (χ4n) is 2.68. The Morgan fingerprint density at radius 3 is 2.96 bits per heavy atom. The molecule has 8 heteroatoms. The van der Waals surface area contributed by atoms with Crippen LogP contribution in [0.5, 0.6) is 0 Å². The number of H-pyrrole nitrogens is 1. The Kier molecular flexibility index (Phi) is 4.82. The summed E-state index contributed by atoms with van der Waals surface area (Å²) in [6, 6.07) is 2.80. The van der Waals surface area contributed by atoms with Crippen LogP contribution in [-0.2, 0) is 6.54 Å². The van der Waals surface area contributed by atoms with Crippen LogP contribution in [0.2, 0.25) is 0 Å². The molecule has 1 aliphatic rings. The van der Waals surface area contributed by atoms with Gasteiger partial charge in [-0.25, -0.2) is 10.1 Å². The van der Waals surface area contributed by atoms with Gasteiger partial charge in [0.05, 0.1) is 17.7 Å². The van der Waals surface area contributed by atoms with E-state index in [0.717, 1.165) is 30.1 Å². The number of nitrogens with zero attached hydrogens (tertiary/aromatic N) is 3. The second kappa shape index (κ2) is 7.01. The molecule has 1 atom stereocenters. The minimum absolute atomic E-state index is 0.166. The third-order valence-electron chi connectivity index (χ3n) is 4.01. The quantitative estimate of drug-likeness (QED) is 0.844. The van der Waals surface area contributed by atoms with Gasteiger partial charge in [0.25, 0.3) is 11.5 Å². The molecule has 23 heavy (non-hydrogen) atoms. The van der Waals surface area contributed by atoms with Crippen molar-refractivity contribution in [3.63, 3.8) is 0 Å². The zero-order valence-corrected chi connectivity index (χ0v) is 13.7. The topological polar surface area (TPSA) is 91.0 Å². The lowest BCUT2D eigenvalue weighted by Gasteiger charge is -2.24. The number of hydrogen-bond acceptors (Lipinski definition) is 6. The van der Waals surface area contributed by atoms with E-state index in [9.17, 15) is 9.59 Å². The zero-order chi connectivity index (χ0) is 16.2. The summed E-state index contributed by atoms with van der Waals surface area (Å²) < 4.78 is 0. The first kappa shape index (κ1) is 15.8. The molecule has 2 N–H and O–H groups in total.